The fourth-order valence-corrected chi connectivity index (χ4v) is 6.44. The van der Waals surface area contributed by atoms with E-state index < -0.39 is 0 Å². The summed E-state index contributed by atoms with van der Waals surface area (Å²) in [6.45, 7) is 4.58. The van der Waals surface area contributed by atoms with Crippen LogP contribution in [0.1, 0.15) is 25.0 Å². The molecular formula is C39H32N4O. The predicted octanol–water partition coefficient (Wildman–Crippen LogP) is 9.61. The summed E-state index contributed by atoms with van der Waals surface area (Å²) < 4.78 is 2.30. The molecule has 0 spiro atoms. The number of fused-ring (bicyclic) bond motifs is 4. The van der Waals surface area contributed by atoms with Crippen molar-refractivity contribution in [2.24, 2.45) is 0 Å². The number of hydroxylamine groups is 1. The normalized spacial score (nSPS) is 13.2. The molecule has 0 radical (unpaired) electrons. The van der Waals surface area contributed by atoms with Crippen molar-refractivity contribution in [1.29, 1.82) is 0 Å². The van der Waals surface area contributed by atoms with Gasteiger partial charge < -0.3 is 0 Å². The van der Waals surface area contributed by atoms with E-state index in [1.165, 1.54) is 27.5 Å². The fraction of sp³-hybridized carbons (Fsp3) is 0.103. The molecule has 0 bridgehead atoms. The van der Waals surface area contributed by atoms with Crippen LogP contribution in [0.3, 0.4) is 0 Å². The van der Waals surface area contributed by atoms with Gasteiger partial charge in [0.15, 0.2) is 0 Å². The zero-order chi connectivity index (χ0) is 29.8. The summed E-state index contributed by atoms with van der Waals surface area (Å²) in [7, 11) is 1.94. The lowest BCUT2D eigenvalue weighted by Gasteiger charge is -2.28. The number of para-hydroxylation sites is 3. The maximum absolute atomic E-state index is 6.15. The van der Waals surface area contributed by atoms with Crippen molar-refractivity contribution in [1.82, 2.24) is 9.55 Å². The average molecular weight is 573 g/mol. The molecule has 0 N–H and O–H groups in total. The Morgan fingerprint density at radius 1 is 0.591 bits per heavy atom. The number of rotatable bonds is 5. The van der Waals surface area contributed by atoms with Gasteiger partial charge in [0.25, 0.3) is 0 Å². The molecule has 0 fully saturated rings. The monoisotopic (exact) mass is 572 g/mol. The Morgan fingerprint density at radius 2 is 1.32 bits per heavy atom. The zero-order valence-electron chi connectivity index (χ0n) is 25.0. The van der Waals surface area contributed by atoms with Gasteiger partial charge in [0.05, 0.1) is 28.1 Å². The van der Waals surface area contributed by atoms with Gasteiger partial charge in [0.1, 0.15) is 5.82 Å². The molecule has 0 saturated carbocycles. The van der Waals surface area contributed by atoms with Gasteiger partial charge in [-0.05, 0) is 70.8 Å². The summed E-state index contributed by atoms with van der Waals surface area (Å²) >= 11 is 0. The minimum atomic E-state index is -0.282. The largest absolute Gasteiger partial charge is 0.294 e. The van der Waals surface area contributed by atoms with Crippen molar-refractivity contribution in [2.45, 2.75) is 19.3 Å². The second-order valence-corrected chi connectivity index (χ2v) is 11.9. The number of hydrogen-bond acceptors (Lipinski definition) is 4. The van der Waals surface area contributed by atoms with E-state index in [4.69, 9.17) is 9.92 Å². The van der Waals surface area contributed by atoms with Crippen LogP contribution in [0.15, 0.2) is 140 Å². The molecule has 0 aliphatic carbocycles. The van der Waals surface area contributed by atoms with Crippen molar-refractivity contribution in [3.63, 3.8) is 0 Å². The Labute approximate surface area is 257 Å². The van der Waals surface area contributed by atoms with Crippen LogP contribution in [0.5, 0.6) is 0 Å². The third-order valence-electron chi connectivity index (χ3n) is 8.92. The van der Waals surface area contributed by atoms with Crippen molar-refractivity contribution in [3.8, 4) is 16.9 Å². The van der Waals surface area contributed by atoms with Crippen LogP contribution in [0.4, 0.5) is 17.1 Å². The van der Waals surface area contributed by atoms with E-state index in [9.17, 15) is 0 Å². The van der Waals surface area contributed by atoms with Crippen LogP contribution >= 0.6 is 0 Å². The number of anilines is 3. The smallest absolute Gasteiger partial charge is 0.138 e. The number of hydrogen-bond donors (Lipinski definition) is 0. The minimum absolute atomic E-state index is 0.282. The first-order valence-corrected chi connectivity index (χ1v) is 15.0. The van der Waals surface area contributed by atoms with Gasteiger partial charge in [-0.1, -0.05) is 98.8 Å². The minimum Gasteiger partial charge on any atom is -0.294 e. The van der Waals surface area contributed by atoms with E-state index in [1.54, 1.807) is 5.06 Å². The van der Waals surface area contributed by atoms with Crippen LogP contribution in [-0.2, 0) is 10.4 Å². The van der Waals surface area contributed by atoms with Crippen molar-refractivity contribution < 1.29 is 4.94 Å². The summed E-state index contributed by atoms with van der Waals surface area (Å²) in [5.74, 6) is 0.906. The summed E-state index contributed by atoms with van der Waals surface area (Å²) in [6.07, 6.45) is 1.91. The van der Waals surface area contributed by atoms with Gasteiger partial charge >= 0.3 is 0 Å². The van der Waals surface area contributed by atoms with Gasteiger partial charge in [-0.3, -0.25) is 4.57 Å². The highest BCUT2D eigenvalue weighted by Crippen LogP contribution is 2.43. The van der Waals surface area contributed by atoms with E-state index in [2.05, 4.69) is 134 Å². The molecule has 44 heavy (non-hydrogen) atoms. The molecule has 0 amide bonds. The van der Waals surface area contributed by atoms with Gasteiger partial charge in [-0.15, -0.1) is 4.94 Å². The van der Waals surface area contributed by atoms with Gasteiger partial charge in [-0.2, -0.15) is 5.06 Å². The highest BCUT2D eigenvalue weighted by atomic mass is 16.8. The van der Waals surface area contributed by atoms with E-state index in [0.29, 0.717) is 0 Å². The van der Waals surface area contributed by atoms with Gasteiger partial charge in [-0.25, -0.2) is 10.0 Å². The molecule has 0 saturated heterocycles. The molecule has 5 heteroatoms. The van der Waals surface area contributed by atoms with Crippen molar-refractivity contribution >= 4 is 38.9 Å². The van der Waals surface area contributed by atoms with Gasteiger partial charge in [0.2, 0.25) is 0 Å². The molecular weight excluding hydrogens is 540 g/mol. The third kappa shape index (κ3) is 4.16. The zero-order valence-corrected chi connectivity index (χ0v) is 25.0. The highest BCUT2D eigenvalue weighted by molar-refractivity contribution is 6.09. The maximum Gasteiger partial charge on any atom is 0.138 e. The first kappa shape index (κ1) is 26.3. The number of pyridine rings is 1. The predicted molar refractivity (Wildman–Crippen MR) is 181 cm³/mol. The Balaban J connectivity index is 1.25. The molecule has 8 rings (SSSR count). The first-order valence-electron chi connectivity index (χ1n) is 15.0. The summed E-state index contributed by atoms with van der Waals surface area (Å²) in [5.41, 5.74) is 9.82. The molecule has 3 heterocycles. The molecule has 7 aromatic rings. The van der Waals surface area contributed by atoms with Crippen LogP contribution in [0.2, 0.25) is 0 Å². The van der Waals surface area contributed by atoms with Crippen LogP contribution in [0, 0.1) is 0 Å². The Bertz CT molecular complexity index is 2170. The Morgan fingerprint density at radius 3 is 2.18 bits per heavy atom. The standard InChI is InChI=1S/C39H32N4O/c1-39(2,29-14-11-15-31(25-29)43-36-19-10-9-18-35(36)41(3)44-43)30-20-21-33-32-16-7-8-17-34(32)42(37(33)26-30)38-24-28(22-23-40-38)27-12-5-4-6-13-27/h4-26H,1-3H3. The topological polar surface area (TPSA) is 33.5 Å². The van der Waals surface area contributed by atoms with Crippen molar-refractivity contribution in [3.05, 3.63) is 151 Å². The molecule has 1 aliphatic heterocycles. The highest BCUT2D eigenvalue weighted by Gasteiger charge is 2.29. The lowest BCUT2D eigenvalue weighted by Crippen LogP contribution is -2.22. The maximum atomic E-state index is 6.15. The SMILES string of the molecule is CN1ON(c2cccc(C(C)(C)c3ccc4c5ccccc5n(-c5cc(-c6ccccc6)ccn5)c4c3)c2)c2ccccc21. The third-order valence-corrected chi connectivity index (χ3v) is 8.92. The van der Waals surface area contributed by atoms with E-state index in [1.807, 2.05) is 36.5 Å². The molecule has 0 atom stereocenters. The number of benzene rings is 5. The number of nitrogens with zero attached hydrogens (tertiary/aromatic N) is 4. The summed E-state index contributed by atoms with van der Waals surface area (Å²) in [6, 6.07) is 47.1. The molecule has 1 aliphatic rings. The van der Waals surface area contributed by atoms with Gasteiger partial charge in [0, 0.05) is 29.4 Å². The van der Waals surface area contributed by atoms with E-state index in [-0.39, 0.29) is 5.41 Å². The summed E-state index contributed by atoms with van der Waals surface area (Å²) in [5, 5.41) is 6.14. The van der Waals surface area contributed by atoms with Crippen LogP contribution in [-0.4, -0.2) is 16.6 Å². The molecule has 5 nitrogen and oxygen atoms in total. The van der Waals surface area contributed by atoms with E-state index in [0.717, 1.165) is 39.5 Å². The second kappa shape index (κ2) is 10.1. The quantitative estimate of drug-likeness (QED) is 0.206. The average Bonchev–Trinajstić information content (AvgIpc) is 3.59. The number of aromatic nitrogens is 2. The summed E-state index contributed by atoms with van der Waals surface area (Å²) in [4.78, 5) is 11.0. The molecule has 214 valence electrons. The lowest BCUT2D eigenvalue weighted by atomic mass is 9.77. The molecule has 2 aromatic heterocycles. The first-order chi connectivity index (χ1) is 21.5. The second-order valence-electron chi connectivity index (χ2n) is 11.9. The van der Waals surface area contributed by atoms with Crippen LogP contribution < -0.4 is 10.1 Å². The molecule has 5 aromatic carbocycles. The Hall–Kier alpha value is -5.39. The van der Waals surface area contributed by atoms with Crippen LogP contribution in [0.25, 0.3) is 38.8 Å². The lowest BCUT2D eigenvalue weighted by molar-refractivity contribution is 0.142. The van der Waals surface area contributed by atoms with E-state index >= 15 is 0 Å². The van der Waals surface area contributed by atoms with Crippen molar-refractivity contribution in [2.75, 3.05) is 17.2 Å². The molecule has 0 unspecified atom stereocenters. The fourth-order valence-electron chi connectivity index (χ4n) is 6.44. The Kier molecular flexibility index (Phi) is 6.03.